The predicted molar refractivity (Wildman–Crippen MR) is 104 cm³/mol. The second-order valence-corrected chi connectivity index (χ2v) is 7.45. The molecule has 0 atom stereocenters. The van der Waals surface area contributed by atoms with Gasteiger partial charge < -0.3 is 9.84 Å². The first kappa shape index (κ1) is 20.4. The number of hydrogen-bond acceptors (Lipinski definition) is 5. The van der Waals surface area contributed by atoms with Crippen LogP contribution in [-0.2, 0) is 16.7 Å². The minimum Gasteiger partial charge on any atom is -0.338 e. The fraction of sp³-hybridized carbons (Fsp3) is 0.167. The second-order valence-electron chi connectivity index (χ2n) is 5.61. The van der Waals surface area contributed by atoms with Gasteiger partial charge in [-0.2, -0.15) is 18.2 Å². The Hall–Kier alpha value is -2.33. The Bertz CT molecular complexity index is 978. The van der Waals surface area contributed by atoms with Crippen molar-refractivity contribution in [2.75, 3.05) is 11.1 Å². The maximum absolute atomic E-state index is 12.8. The van der Waals surface area contributed by atoms with E-state index in [2.05, 4.69) is 31.4 Å². The number of thioether (sulfide) groups is 1. The van der Waals surface area contributed by atoms with Gasteiger partial charge in [-0.3, -0.25) is 4.79 Å². The minimum absolute atomic E-state index is 0.0689. The Labute approximate surface area is 170 Å². The molecule has 3 aromatic rings. The number of aromatic nitrogens is 2. The van der Waals surface area contributed by atoms with Crippen LogP contribution in [0.2, 0.25) is 0 Å². The Balaban J connectivity index is 1.55. The molecular formula is C18H13BrF3N3O2S. The molecule has 1 heterocycles. The topological polar surface area (TPSA) is 68.0 Å². The molecule has 1 aromatic heterocycles. The SMILES string of the molecule is O=C(CSCc1nc(-c2cccc(C(F)(F)F)c2)no1)Nc1ccccc1Br. The largest absolute Gasteiger partial charge is 0.416 e. The summed E-state index contributed by atoms with van der Waals surface area (Å²) in [6.45, 7) is 0. The molecule has 3 rings (SSSR count). The number of para-hydroxylation sites is 1. The average Bonchev–Trinajstić information content (AvgIpc) is 3.12. The van der Waals surface area contributed by atoms with Crippen LogP contribution in [0.5, 0.6) is 0 Å². The normalized spacial score (nSPS) is 11.4. The summed E-state index contributed by atoms with van der Waals surface area (Å²) in [5.41, 5.74) is 0.0914. The van der Waals surface area contributed by atoms with Crippen molar-refractivity contribution in [2.45, 2.75) is 11.9 Å². The van der Waals surface area contributed by atoms with E-state index in [1.807, 2.05) is 12.1 Å². The van der Waals surface area contributed by atoms with E-state index in [0.29, 0.717) is 5.69 Å². The lowest BCUT2D eigenvalue weighted by molar-refractivity contribution is -0.137. The van der Waals surface area contributed by atoms with Crippen molar-refractivity contribution in [2.24, 2.45) is 0 Å². The van der Waals surface area contributed by atoms with E-state index < -0.39 is 11.7 Å². The lowest BCUT2D eigenvalue weighted by Gasteiger charge is -2.06. The number of anilines is 1. The first-order chi connectivity index (χ1) is 13.3. The first-order valence-electron chi connectivity index (χ1n) is 7.95. The van der Waals surface area contributed by atoms with Crippen molar-refractivity contribution >= 4 is 39.3 Å². The molecule has 10 heteroatoms. The third kappa shape index (κ3) is 5.35. The van der Waals surface area contributed by atoms with Gasteiger partial charge in [0, 0.05) is 10.0 Å². The number of benzene rings is 2. The molecule has 0 aliphatic heterocycles. The van der Waals surface area contributed by atoms with Crippen molar-refractivity contribution in [3.8, 4) is 11.4 Å². The second kappa shape index (κ2) is 8.78. The number of carbonyl (C=O) groups is 1. The molecule has 0 spiro atoms. The van der Waals surface area contributed by atoms with Crippen LogP contribution in [-0.4, -0.2) is 21.8 Å². The van der Waals surface area contributed by atoms with Crippen LogP contribution in [0.3, 0.4) is 0 Å². The van der Waals surface area contributed by atoms with Gasteiger partial charge in [0.2, 0.25) is 17.6 Å². The van der Waals surface area contributed by atoms with Crippen molar-refractivity contribution in [3.63, 3.8) is 0 Å². The van der Waals surface area contributed by atoms with Crippen LogP contribution in [0.15, 0.2) is 57.5 Å². The van der Waals surface area contributed by atoms with E-state index in [-0.39, 0.29) is 34.7 Å². The first-order valence-corrected chi connectivity index (χ1v) is 9.90. The van der Waals surface area contributed by atoms with E-state index in [1.54, 1.807) is 12.1 Å². The van der Waals surface area contributed by atoms with Crippen LogP contribution in [0, 0.1) is 0 Å². The fourth-order valence-electron chi connectivity index (χ4n) is 2.25. The summed E-state index contributed by atoms with van der Waals surface area (Å²) in [5.74, 6) is 0.512. The van der Waals surface area contributed by atoms with Gasteiger partial charge in [0.05, 0.1) is 22.8 Å². The van der Waals surface area contributed by atoms with Crippen LogP contribution in [0.4, 0.5) is 18.9 Å². The van der Waals surface area contributed by atoms with Gasteiger partial charge in [-0.1, -0.05) is 29.4 Å². The number of nitrogens with one attached hydrogen (secondary N) is 1. The molecule has 0 fully saturated rings. The highest BCUT2D eigenvalue weighted by Gasteiger charge is 2.30. The maximum Gasteiger partial charge on any atom is 0.416 e. The van der Waals surface area contributed by atoms with Gasteiger partial charge in [-0.15, -0.1) is 11.8 Å². The van der Waals surface area contributed by atoms with Gasteiger partial charge in [0.15, 0.2) is 0 Å². The quantitative estimate of drug-likeness (QED) is 0.521. The molecule has 28 heavy (non-hydrogen) atoms. The number of hydrogen-bond donors (Lipinski definition) is 1. The van der Waals surface area contributed by atoms with Crippen molar-refractivity contribution < 1.29 is 22.5 Å². The molecule has 0 radical (unpaired) electrons. The van der Waals surface area contributed by atoms with Crippen LogP contribution < -0.4 is 5.32 Å². The Morgan fingerprint density at radius 2 is 1.96 bits per heavy atom. The highest BCUT2D eigenvalue weighted by molar-refractivity contribution is 9.10. The summed E-state index contributed by atoms with van der Waals surface area (Å²) >= 11 is 4.60. The molecular weight excluding hydrogens is 459 g/mol. The number of rotatable bonds is 6. The third-order valence-electron chi connectivity index (χ3n) is 3.52. The number of amides is 1. The standard InChI is InChI=1S/C18H13BrF3N3O2S/c19-13-6-1-2-7-14(13)23-15(26)9-28-10-16-24-17(25-27-16)11-4-3-5-12(8-11)18(20,21)22/h1-8H,9-10H2,(H,23,26). The van der Waals surface area contributed by atoms with E-state index in [0.717, 1.165) is 16.6 Å². The van der Waals surface area contributed by atoms with E-state index >= 15 is 0 Å². The van der Waals surface area contributed by atoms with Crippen LogP contribution >= 0.6 is 27.7 Å². The molecule has 0 saturated heterocycles. The zero-order chi connectivity index (χ0) is 20.1. The van der Waals surface area contributed by atoms with Crippen molar-refractivity contribution in [1.82, 2.24) is 10.1 Å². The lowest BCUT2D eigenvalue weighted by Crippen LogP contribution is -2.14. The molecule has 0 unspecified atom stereocenters. The summed E-state index contributed by atoms with van der Waals surface area (Å²) in [6, 6.07) is 11.9. The molecule has 0 aliphatic carbocycles. The predicted octanol–water partition coefficient (Wildman–Crippen LogP) is 5.39. The number of halogens is 4. The Morgan fingerprint density at radius 3 is 2.71 bits per heavy atom. The van der Waals surface area contributed by atoms with Crippen LogP contribution in [0.25, 0.3) is 11.4 Å². The highest BCUT2D eigenvalue weighted by atomic mass is 79.9. The van der Waals surface area contributed by atoms with Crippen molar-refractivity contribution in [3.05, 3.63) is 64.5 Å². The third-order valence-corrected chi connectivity index (χ3v) is 5.13. The van der Waals surface area contributed by atoms with Crippen LogP contribution in [0.1, 0.15) is 11.5 Å². The molecule has 1 amide bonds. The molecule has 146 valence electrons. The summed E-state index contributed by atoms with van der Waals surface area (Å²) < 4.78 is 44.2. The molecule has 2 aromatic carbocycles. The Kier molecular flexibility index (Phi) is 6.40. The molecule has 5 nitrogen and oxygen atoms in total. The number of nitrogens with zero attached hydrogens (tertiary/aromatic N) is 2. The zero-order valence-electron chi connectivity index (χ0n) is 14.2. The maximum atomic E-state index is 12.8. The molecule has 0 aliphatic rings. The van der Waals surface area contributed by atoms with Gasteiger partial charge in [0.25, 0.3) is 0 Å². The van der Waals surface area contributed by atoms with Gasteiger partial charge in [0.1, 0.15) is 0 Å². The fourth-order valence-corrected chi connectivity index (χ4v) is 3.28. The smallest absolute Gasteiger partial charge is 0.338 e. The van der Waals surface area contributed by atoms with E-state index in [4.69, 9.17) is 4.52 Å². The number of carbonyl (C=O) groups excluding carboxylic acids is 1. The Morgan fingerprint density at radius 1 is 1.18 bits per heavy atom. The summed E-state index contributed by atoms with van der Waals surface area (Å²) in [6.07, 6.45) is -4.44. The lowest BCUT2D eigenvalue weighted by atomic mass is 10.1. The molecule has 1 N–H and O–H groups in total. The van der Waals surface area contributed by atoms with Gasteiger partial charge in [-0.05, 0) is 40.2 Å². The minimum atomic E-state index is -4.44. The van der Waals surface area contributed by atoms with Gasteiger partial charge in [-0.25, -0.2) is 0 Å². The molecule has 0 bridgehead atoms. The van der Waals surface area contributed by atoms with E-state index in [9.17, 15) is 18.0 Å². The highest BCUT2D eigenvalue weighted by Crippen LogP contribution is 2.31. The zero-order valence-corrected chi connectivity index (χ0v) is 16.6. The molecule has 0 saturated carbocycles. The van der Waals surface area contributed by atoms with E-state index in [1.165, 1.54) is 23.9 Å². The van der Waals surface area contributed by atoms with Gasteiger partial charge >= 0.3 is 6.18 Å². The summed E-state index contributed by atoms with van der Waals surface area (Å²) in [4.78, 5) is 16.1. The average molecular weight is 472 g/mol. The van der Waals surface area contributed by atoms with Crippen molar-refractivity contribution in [1.29, 1.82) is 0 Å². The summed E-state index contributed by atoms with van der Waals surface area (Å²) in [7, 11) is 0. The monoisotopic (exact) mass is 471 g/mol. The summed E-state index contributed by atoms with van der Waals surface area (Å²) in [5, 5.41) is 6.48. The number of alkyl halides is 3.